The number of rotatable bonds is 12. The highest BCUT2D eigenvalue weighted by Crippen LogP contribution is 2.44. The van der Waals surface area contributed by atoms with Crippen molar-refractivity contribution < 1.29 is 29.4 Å². The van der Waals surface area contributed by atoms with Crippen molar-refractivity contribution in [2.45, 2.75) is 33.6 Å². The maximum atomic E-state index is 13.0. The van der Waals surface area contributed by atoms with Crippen LogP contribution in [0.3, 0.4) is 0 Å². The fourth-order valence-electron chi connectivity index (χ4n) is 3.94. The van der Waals surface area contributed by atoms with E-state index in [1.807, 2.05) is 0 Å². The molecule has 0 saturated carbocycles. The Bertz CT molecular complexity index is 1460. The van der Waals surface area contributed by atoms with E-state index >= 15 is 0 Å². The Morgan fingerprint density at radius 2 is 1.74 bits per heavy atom. The Morgan fingerprint density at radius 3 is 2.35 bits per heavy atom. The number of aliphatic carboxylic acids is 2. The van der Waals surface area contributed by atoms with Crippen LogP contribution in [0.25, 0.3) is 0 Å². The quantitative estimate of drug-likeness (QED) is 0.0789. The predicted molar refractivity (Wildman–Crippen MR) is 174 cm³/mol. The number of hydrogen-bond donors (Lipinski definition) is 6. The molecule has 1 saturated heterocycles. The van der Waals surface area contributed by atoms with E-state index in [0.717, 1.165) is 23.5 Å². The van der Waals surface area contributed by atoms with Crippen molar-refractivity contribution in [2.75, 3.05) is 22.3 Å². The molecular formula is C23H25Cl2N7O6S5. The molecule has 3 atom stereocenters. The Kier molecular flexibility index (Phi) is 11.3. The molecule has 3 aliphatic heterocycles. The molecule has 1 aromatic carbocycles. The van der Waals surface area contributed by atoms with Gasteiger partial charge in [-0.25, -0.2) is 15.6 Å². The Hall–Kier alpha value is -2.06. The van der Waals surface area contributed by atoms with Crippen LogP contribution in [0.2, 0.25) is 10.0 Å². The van der Waals surface area contributed by atoms with Crippen molar-refractivity contribution in [3.63, 3.8) is 0 Å². The van der Waals surface area contributed by atoms with Gasteiger partial charge in [0.1, 0.15) is 28.8 Å². The lowest BCUT2D eigenvalue weighted by Crippen LogP contribution is -2.70. The minimum absolute atomic E-state index is 0.0790. The van der Waals surface area contributed by atoms with E-state index in [9.17, 15) is 24.3 Å². The van der Waals surface area contributed by atoms with Crippen LogP contribution < -0.4 is 22.6 Å². The monoisotopic (exact) mass is 725 g/mol. The van der Waals surface area contributed by atoms with Gasteiger partial charge in [-0.3, -0.25) is 24.3 Å². The van der Waals surface area contributed by atoms with Crippen molar-refractivity contribution in [1.29, 1.82) is 0 Å². The molecule has 1 unspecified atom stereocenters. The number of β-lactam (4-membered cyclic amide) rings is 1. The highest BCUT2D eigenvalue weighted by atomic mass is 35.5. The number of carbonyl (C=O) groups excluding carboxylic acids is 2. The van der Waals surface area contributed by atoms with Crippen LogP contribution in [0.5, 0.6) is 0 Å². The van der Waals surface area contributed by atoms with Crippen LogP contribution in [0.15, 0.2) is 48.9 Å². The summed E-state index contributed by atoms with van der Waals surface area (Å²) in [7, 11) is 0. The summed E-state index contributed by atoms with van der Waals surface area (Å²) in [4.78, 5) is 55.7. The van der Waals surface area contributed by atoms with Crippen molar-refractivity contribution in [2.24, 2.45) is 22.3 Å². The minimum atomic E-state index is -1.24. The molecule has 3 heterocycles. The van der Waals surface area contributed by atoms with Crippen molar-refractivity contribution in [3.8, 4) is 0 Å². The maximum absolute atomic E-state index is 13.0. The number of nitrogens with two attached hydrogens (primary N) is 3. The number of carboxylic acid groups (broad SMARTS) is 2. The van der Waals surface area contributed by atoms with Crippen LogP contribution in [-0.4, -0.2) is 89.0 Å². The first-order valence-corrected chi connectivity index (χ1v) is 17.9. The van der Waals surface area contributed by atoms with Gasteiger partial charge < -0.3 is 27.0 Å². The van der Waals surface area contributed by atoms with E-state index in [1.54, 1.807) is 13.0 Å². The zero-order chi connectivity index (χ0) is 31.6. The lowest BCUT2D eigenvalue weighted by atomic mass is 10.1. The van der Waals surface area contributed by atoms with E-state index in [0.29, 0.717) is 47.0 Å². The van der Waals surface area contributed by atoms with Gasteiger partial charge in [-0.1, -0.05) is 23.2 Å². The number of nitrogens with zero attached hydrogens (tertiary/aromatic N) is 3. The summed E-state index contributed by atoms with van der Waals surface area (Å²) in [5, 5.41) is 23.2. The molecule has 0 aliphatic carbocycles. The van der Waals surface area contributed by atoms with Crippen molar-refractivity contribution in [1.82, 2.24) is 15.2 Å². The normalized spacial score (nSPS) is 21.8. The first kappa shape index (κ1) is 33.8. The largest absolute Gasteiger partial charge is 0.481 e. The summed E-state index contributed by atoms with van der Waals surface area (Å²) in [5.74, 6) is 3.45. The number of halogens is 2. The second-order valence-electron chi connectivity index (χ2n) is 8.90. The van der Waals surface area contributed by atoms with Gasteiger partial charge in [0.25, 0.3) is 5.91 Å². The molecule has 20 heteroatoms. The predicted octanol–water partition coefficient (Wildman–Crippen LogP) is 2.40. The van der Waals surface area contributed by atoms with Crippen LogP contribution >= 0.6 is 82.0 Å². The molecule has 9 N–H and O–H groups in total. The molecule has 13 nitrogen and oxygen atoms in total. The first-order valence-electron chi connectivity index (χ1n) is 12.0. The molecule has 0 aromatic heterocycles. The topological polar surface area (TPSA) is 218 Å². The van der Waals surface area contributed by atoms with Gasteiger partial charge in [0.15, 0.2) is 5.50 Å². The smallest absolute Gasteiger partial charge is 0.353 e. The number of nitrogens with one attached hydrogen (secondary N) is 1. The van der Waals surface area contributed by atoms with Gasteiger partial charge in [-0.15, -0.1) is 58.8 Å². The molecule has 0 spiro atoms. The third-order valence-electron chi connectivity index (χ3n) is 6.13. The average molecular weight is 727 g/mol. The molecule has 1 aromatic rings. The van der Waals surface area contributed by atoms with Crippen LogP contribution in [0, 0.1) is 0 Å². The fourth-order valence-corrected chi connectivity index (χ4v) is 10.0. The average Bonchev–Trinajstić information content (AvgIpc) is 2.96. The summed E-state index contributed by atoms with van der Waals surface area (Å²) < 4.78 is 0. The van der Waals surface area contributed by atoms with Crippen LogP contribution in [0.1, 0.15) is 6.92 Å². The second kappa shape index (κ2) is 14.4. The summed E-state index contributed by atoms with van der Waals surface area (Å²) in [6, 6.07) is 2.20. The number of carboxylic acids is 2. The van der Waals surface area contributed by atoms with E-state index in [2.05, 4.69) is 10.3 Å². The Balaban J connectivity index is 1.33. The highest BCUT2D eigenvalue weighted by molar-refractivity contribution is 8.18. The Morgan fingerprint density at radius 1 is 1.12 bits per heavy atom. The molecular weight excluding hydrogens is 702 g/mol. The third kappa shape index (κ3) is 7.61. The van der Waals surface area contributed by atoms with Gasteiger partial charge in [0.05, 0.1) is 21.6 Å². The molecule has 232 valence electrons. The zero-order valence-corrected chi connectivity index (χ0v) is 27.7. The minimum Gasteiger partial charge on any atom is -0.481 e. The molecule has 43 heavy (non-hydrogen) atoms. The number of amidine groups is 1. The second-order valence-corrected chi connectivity index (χ2v) is 15.3. The molecule has 2 amide bonds. The summed E-state index contributed by atoms with van der Waals surface area (Å²) in [6.45, 7) is 1.71. The number of carbonyl (C=O) groups is 4. The van der Waals surface area contributed by atoms with Crippen molar-refractivity contribution in [3.05, 3.63) is 44.2 Å². The summed E-state index contributed by atoms with van der Waals surface area (Å²) >= 11 is 18.6. The first-order chi connectivity index (χ1) is 20.3. The highest BCUT2D eigenvalue weighted by Gasteiger charge is 2.54. The number of fused-ring (bicyclic) bond motifs is 1. The van der Waals surface area contributed by atoms with Crippen LogP contribution in [-0.2, 0) is 19.2 Å². The van der Waals surface area contributed by atoms with E-state index in [1.165, 1.54) is 51.3 Å². The lowest BCUT2D eigenvalue weighted by molar-refractivity contribution is -0.150. The third-order valence-corrected chi connectivity index (χ3v) is 12.9. The van der Waals surface area contributed by atoms with E-state index in [-0.39, 0.29) is 23.0 Å². The molecule has 1 fully saturated rings. The molecule has 4 rings (SSSR count). The van der Waals surface area contributed by atoms with E-state index in [4.69, 9.17) is 45.6 Å². The fraction of sp³-hybridized carbons (Fsp3) is 0.348. The summed E-state index contributed by atoms with van der Waals surface area (Å²) in [6.07, 6.45) is 0. The van der Waals surface area contributed by atoms with Crippen LogP contribution in [0.4, 0.5) is 0 Å². The van der Waals surface area contributed by atoms with E-state index < -0.39 is 40.7 Å². The number of amides is 2. The van der Waals surface area contributed by atoms with Gasteiger partial charge in [0, 0.05) is 31.1 Å². The number of hydrogen-bond acceptors (Lipinski definition) is 14. The number of benzene rings is 1. The zero-order valence-electron chi connectivity index (χ0n) is 22.1. The molecule has 0 radical (unpaired) electrons. The lowest BCUT2D eigenvalue weighted by Gasteiger charge is -2.49. The standard InChI is InChI=1S/C23H25Cl2N7O6S5/c1-8-18(26)30-23(32(28)19(8)27)43-7-42-13-4-41-21-16(20(36)31(21)17(13)22(37)38)29-14(33)5-39-11-2-10(25)12(3-9(11)24)40-6-15(34)35/h2-3,16,21,23H,4-7,27-28H2,1H3,(H2,26,30)(H,29,33)(H,34,35)(H,37,38)/t16-,21-,23?/m1/s1. The van der Waals surface area contributed by atoms with Crippen molar-refractivity contribution >= 4 is 112 Å². The van der Waals surface area contributed by atoms with Gasteiger partial charge in [-0.2, -0.15) is 0 Å². The number of thioether (sulfide) groups is 5. The van der Waals surface area contributed by atoms with Gasteiger partial charge in [0.2, 0.25) is 5.91 Å². The number of hydrazine groups is 1. The number of aliphatic imine (C=N–C) groups is 1. The molecule has 3 aliphatic rings. The van der Waals surface area contributed by atoms with Gasteiger partial charge >= 0.3 is 11.9 Å². The summed E-state index contributed by atoms with van der Waals surface area (Å²) in [5.41, 5.74) is 11.7. The SMILES string of the molecule is CC1=C(N)N(N)C(SCSC2=C(C(=O)O)N3C(=O)[C@@H](NC(=O)CSc4cc(Cl)c(SCC(=O)O)cc4Cl)[C@H]3SC2)N=C1N. The Labute approximate surface area is 277 Å². The van der Waals surface area contributed by atoms with Gasteiger partial charge in [-0.05, 0) is 19.1 Å². The maximum Gasteiger partial charge on any atom is 0.353 e. The molecule has 0 bridgehead atoms.